The summed E-state index contributed by atoms with van der Waals surface area (Å²) in [5.74, 6) is 0.700. The molecule has 2 aromatic rings. The summed E-state index contributed by atoms with van der Waals surface area (Å²) in [7, 11) is 0. The van der Waals surface area contributed by atoms with Gasteiger partial charge in [-0.05, 0) is 59.7 Å². The zero-order valence-corrected chi connectivity index (χ0v) is 12.3. The molecule has 0 aliphatic heterocycles. The first-order valence-corrected chi connectivity index (χ1v) is 6.44. The first-order valence-electron chi connectivity index (χ1n) is 4.98. The monoisotopic (exact) mass is 360 g/mol. The van der Waals surface area contributed by atoms with Gasteiger partial charge in [-0.15, -0.1) is 0 Å². The number of aromatic nitrogens is 2. The Bertz CT molecular complexity index is 520. The van der Waals surface area contributed by atoms with Crippen LogP contribution in [0.4, 0.5) is 0 Å². The van der Waals surface area contributed by atoms with Gasteiger partial charge in [-0.1, -0.05) is 11.6 Å². The molecule has 0 saturated carbocycles. The van der Waals surface area contributed by atoms with Gasteiger partial charge in [0.15, 0.2) is 0 Å². The minimum Gasteiger partial charge on any atom is -0.424 e. The van der Waals surface area contributed by atoms with Crippen LogP contribution in [0.3, 0.4) is 0 Å². The molecule has 17 heavy (non-hydrogen) atoms. The molecule has 0 bridgehead atoms. The lowest BCUT2D eigenvalue weighted by Crippen LogP contribution is -1.93. The van der Waals surface area contributed by atoms with E-state index in [1.807, 2.05) is 26.0 Å². The molecule has 0 saturated heterocycles. The second-order valence-electron chi connectivity index (χ2n) is 3.66. The minimum atomic E-state index is 0.339. The van der Waals surface area contributed by atoms with Crippen molar-refractivity contribution in [2.45, 2.75) is 13.8 Å². The zero-order chi connectivity index (χ0) is 12.4. The van der Waals surface area contributed by atoms with E-state index in [9.17, 15) is 0 Å². The first kappa shape index (κ1) is 12.6. The van der Waals surface area contributed by atoms with E-state index in [0.29, 0.717) is 11.8 Å². The molecule has 0 radical (unpaired) electrons. The maximum Gasteiger partial charge on any atom is 0.321 e. The van der Waals surface area contributed by atoms with Gasteiger partial charge in [0, 0.05) is 21.0 Å². The Hall–Kier alpha value is -0.880. The lowest BCUT2D eigenvalue weighted by molar-refractivity contribution is 0.440. The Kier molecular flexibility index (Phi) is 3.83. The van der Waals surface area contributed by atoms with Crippen molar-refractivity contribution in [2.24, 2.45) is 0 Å². The van der Waals surface area contributed by atoms with Crippen molar-refractivity contribution in [1.82, 2.24) is 9.97 Å². The van der Waals surface area contributed by atoms with E-state index in [0.717, 1.165) is 19.7 Å². The van der Waals surface area contributed by atoms with E-state index in [4.69, 9.17) is 16.3 Å². The molecule has 0 N–H and O–H groups in total. The third-order valence-corrected chi connectivity index (χ3v) is 3.37. The second-order valence-corrected chi connectivity index (χ2v) is 5.28. The summed E-state index contributed by atoms with van der Waals surface area (Å²) in [4.78, 5) is 8.16. The van der Waals surface area contributed by atoms with Gasteiger partial charge in [0.2, 0.25) is 0 Å². The summed E-state index contributed by atoms with van der Waals surface area (Å²) >= 11 is 8.23. The highest BCUT2D eigenvalue weighted by atomic mass is 127. The Morgan fingerprint density at radius 2 is 1.65 bits per heavy atom. The van der Waals surface area contributed by atoms with Crippen LogP contribution >= 0.6 is 34.2 Å². The normalized spacial score (nSPS) is 10.4. The molecule has 0 atom stereocenters. The number of rotatable bonds is 2. The molecular weight excluding hydrogens is 351 g/mol. The average Bonchev–Trinajstić information content (AvgIpc) is 2.29. The molecule has 0 unspecified atom stereocenters. The van der Waals surface area contributed by atoms with Crippen LogP contribution in [0, 0.1) is 17.4 Å². The topological polar surface area (TPSA) is 35.0 Å². The molecule has 0 aliphatic rings. The minimum absolute atomic E-state index is 0.339. The van der Waals surface area contributed by atoms with E-state index < -0.39 is 0 Å². The molecule has 3 nitrogen and oxygen atoms in total. The van der Waals surface area contributed by atoms with E-state index >= 15 is 0 Å². The third kappa shape index (κ3) is 3.07. The molecular formula is C12H10ClIN2O. The number of hydrogen-bond donors (Lipinski definition) is 0. The summed E-state index contributed by atoms with van der Waals surface area (Å²) < 4.78 is 6.54. The van der Waals surface area contributed by atoms with Gasteiger partial charge in [-0.2, -0.15) is 0 Å². The van der Waals surface area contributed by atoms with Gasteiger partial charge in [0.05, 0.1) is 0 Å². The van der Waals surface area contributed by atoms with Crippen LogP contribution in [0.25, 0.3) is 0 Å². The standard InChI is InChI=1S/C12H10ClIN2O/c1-7-3-10(4-8(2)11(7)13)17-12-15-5-9(14)6-16-12/h3-6H,1-2H3. The number of aryl methyl sites for hydroxylation is 2. The van der Waals surface area contributed by atoms with E-state index in [2.05, 4.69) is 32.6 Å². The molecule has 1 heterocycles. The molecule has 1 aromatic heterocycles. The van der Waals surface area contributed by atoms with Gasteiger partial charge in [0.1, 0.15) is 5.75 Å². The van der Waals surface area contributed by atoms with Crippen molar-refractivity contribution >= 4 is 34.2 Å². The smallest absolute Gasteiger partial charge is 0.321 e. The quantitative estimate of drug-likeness (QED) is 0.755. The molecule has 88 valence electrons. The summed E-state index contributed by atoms with van der Waals surface area (Å²) in [6, 6.07) is 4.08. The second kappa shape index (κ2) is 5.18. The van der Waals surface area contributed by atoms with Crippen molar-refractivity contribution in [3.63, 3.8) is 0 Å². The lowest BCUT2D eigenvalue weighted by atomic mass is 10.1. The SMILES string of the molecule is Cc1cc(Oc2ncc(I)cn2)cc(C)c1Cl. The molecule has 0 fully saturated rings. The summed E-state index contributed by atoms with van der Waals surface area (Å²) in [6.07, 6.45) is 3.41. The number of hydrogen-bond acceptors (Lipinski definition) is 3. The Labute approximate surface area is 118 Å². The average molecular weight is 361 g/mol. The van der Waals surface area contributed by atoms with Crippen LogP contribution in [-0.4, -0.2) is 9.97 Å². The highest BCUT2D eigenvalue weighted by molar-refractivity contribution is 14.1. The highest BCUT2D eigenvalue weighted by Gasteiger charge is 2.05. The fraction of sp³-hybridized carbons (Fsp3) is 0.167. The van der Waals surface area contributed by atoms with Crippen LogP contribution in [0.5, 0.6) is 11.8 Å². The maximum atomic E-state index is 6.09. The highest BCUT2D eigenvalue weighted by Crippen LogP contribution is 2.27. The molecule has 0 spiro atoms. The Morgan fingerprint density at radius 1 is 1.12 bits per heavy atom. The number of ether oxygens (including phenoxy) is 1. The first-order chi connectivity index (χ1) is 8.06. The van der Waals surface area contributed by atoms with Gasteiger partial charge in [-0.3, -0.25) is 0 Å². The van der Waals surface area contributed by atoms with Gasteiger partial charge in [-0.25, -0.2) is 9.97 Å². The Balaban J connectivity index is 2.27. The molecule has 2 rings (SSSR count). The molecule has 1 aromatic carbocycles. The predicted octanol–water partition coefficient (Wildman–Crippen LogP) is 4.14. The molecule has 0 amide bonds. The number of nitrogens with zero attached hydrogens (tertiary/aromatic N) is 2. The predicted molar refractivity (Wildman–Crippen MR) is 75.7 cm³/mol. The van der Waals surface area contributed by atoms with Gasteiger partial charge < -0.3 is 4.74 Å². The molecule has 5 heteroatoms. The molecule has 0 aliphatic carbocycles. The van der Waals surface area contributed by atoms with Crippen molar-refractivity contribution in [1.29, 1.82) is 0 Å². The summed E-state index contributed by atoms with van der Waals surface area (Å²) in [6.45, 7) is 3.88. The summed E-state index contributed by atoms with van der Waals surface area (Å²) in [5.41, 5.74) is 1.96. The fourth-order valence-electron chi connectivity index (χ4n) is 1.42. The fourth-order valence-corrected chi connectivity index (χ4v) is 1.81. The van der Waals surface area contributed by atoms with Crippen LogP contribution in [0.1, 0.15) is 11.1 Å². The van der Waals surface area contributed by atoms with Crippen LogP contribution in [0.15, 0.2) is 24.5 Å². The van der Waals surface area contributed by atoms with Gasteiger partial charge >= 0.3 is 6.01 Å². The van der Waals surface area contributed by atoms with Crippen LogP contribution in [0.2, 0.25) is 5.02 Å². The van der Waals surface area contributed by atoms with Gasteiger partial charge in [0.25, 0.3) is 0 Å². The van der Waals surface area contributed by atoms with E-state index in [1.165, 1.54) is 0 Å². The van der Waals surface area contributed by atoms with E-state index in [1.54, 1.807) is 12.4 Å². The maximum absolute atomic E-state index is 6.09. The summed E-state index contributed by atoms with van der Waals surface area (Å²) in [5, 5.41) is 0.765. The third-order valence-electron chi connectivity index (χ3n) is 2.22. The van der Waals surface area contributed by atoms with Crippen molar-refractivity contribution in [3.05, 3.63) is 44.2 Å². The lowest BCUT2D eigenvalue weighted by Gasteiger charge is -2.08. The zero-order valence-electron chi connectivity index (χ0n) is 9.37. The van der Waals surface area contributed by atoms with Crippen LogP contribution < -0.4 is 4.74 Å². The number of benzene rings is 1. The van der Waals surface area contributed by atoms with Crippen molar-refractivity contribution in [2.75, 3.05) is 0 Å². The van der Waals surface area contributed by atoms with Crippen LogP contribution in [-0.2, 0) is 0 Å². The van der Waals surface area contributed by atoms with Crippen molar-refractivity contribution in [3.8, 4) is 11.8 Å². The van der Waals surface area contributed by atoms with E-state index in [-0.39, 0.29) is 0 Å². The number of halogens is 2. The van der Waals surface area contributed by atoms with Crippen molar-refractivity contribution < 1.29 is 4.74 Å². The Morgan fingerprint density at radius 3 is 2.18 bits per heavy atom. The largest absolute Gasteiger partial charge is 0.424 e.